The smallest absolute Gasteiger partial charge is 0.336 e. The molecular formula is C28H30FNO4S. The van der Waals surface area contributed by atoms with Crippen molar-refractivity contribution in [2.75, 3.05) is 25.2 Å². The molecule has 1 heterocycles. The fourth-order valence-electron chi connectivity index (χ4n) is 4.86. The highest BCUT2D eigenvalue weighted by Crippen LogP contribution is 2.46. The van der Waals surface area contributed by atoms with Crippen molar-refractivity contribution in [3.8, 4) is 5.75 Å². The lowest BCUT2D eigenvalue weighted by atomic mass is 9.71. The first kappa shape index (κ1) is 25.0. The second-order valence-corrected chi connectivity index (χ2v) is 10.0. The van der Waals surface area contributed by atoms with Gasteiger partial charge in [-0.1, -0.05) is 37.3 Å². The summed E-state index contributed by atoms with van der Waals surface area (Å²) in [5.74, 6) is 0.489. The van der Waals surface area contributed by atoms with Crippen molar-refractivity contribution < 1.29 is 23.5 Å². The highest BCUT2D eigenvalue weighted by atomic mass is 32.2. The van der Waals surface area contributed by atoms with E-state index in [0.29, 0.717) is 34.6 Å². The highest BCUT2D eigenvalue weighted by Gasteiger charge is 2.42. The minimum Gasteiger partial charge on any atom is -0.497 e. The van der Waals surface area contributed by atoms with Gasteiger partial charge in [0.15, 0.2) is 5.78 Å². The van der Waals surface area contributed by atoms with Crippen LogP contribution in [0, 0.1) is 5.82 Å². The topological polar surface area (TPSA) is 64.6 Å². The van der Waals surface area contributed by atoms with E-state index < -0.39 is 17.7 Å². The van der Waals surface area contributed by atoms with Gasteiger partial charge in [-0.15, -0.1) is 0 Å². The summed E-state index contributed by atoms with van der Waals surface area (Å²) in [6, 6.07) is 14.1. The molecule has 5 nitrogen and oxygen atoms in total. The zero-order chi connectivity index (χ0) is 24.9. The van der Waals surface area contributed by atoms with E-state index in [1.54, 1.807) is 44.0 Å². The number of halogens is 1. The zero-order valence-corrected chi connectivity index (χ0v) is 21.0. The number of hydrogen-bond acceptors (Lipinski definition) is 6. The predicted octanol–water partition coefficient (Wildman–Crippen LogP) is 5.49. The first-order chi connectivity index (χ1) is 16.9. The standard InChI is InChI=1S/C28H30FNO4S/c1-4-35-14-13-34-28(32)25-17(2)30-23-15-19(18-9-11-20(33-3)12-10-18)16-24(31)27(23)26(25)21-7-5-6-8-22(21)29/h5-12,19,26,30H,4,13-16H2,1-3H3/t19-,26+/m1/s1. The van der Waals surface area contributed by atoms with Crippen molar-refractivity contribution in [1.29, 1.82) is 0 Å². The average Bonchev–Trinajstić information content (AvgIpc) is 2.86. The molecule has 2 aromatic rings. The molecule has 0 bridgehead atoms. The number of Topliss-reactive ketones (excluding diaryl/α,β-unsaturated/α-hetero) is 1. The third-order valence-electron chi connectivity index (χ3n) is 6.52. The number of benzene rings is 2. The molecule has 0 saturated heterocycles. The number of esters is 1. The van der Waals surface area contributed by atoms with Gasteiger partial charge in [0.1, 0.15) is 18.2 Å². The van der Waals surface area contributed by atoms with Crippen LogP contribution < -0.4 is 10.1 Å². The number of nitrogens with one attached hydrogen (secondary N) is 1. The molecule has 0 fully saturated rings. The minimum absolute atomic E-state index is 0.0201. The maximum absolute atomic E-state index is 15.0. The fourth-order valence-corrected chi connectivity index (χ4v) is 5.35. The van der Waals surface area contributed by atoms with Crippen LogP contribution in [0.15, 0.2) is 71.1 Å². The van der Waals surface area contributed by atoms with Crippen LogP contribution in [-0.4, -0.2) is 37.0 Å². The second kappa shape index (κ2) is 11.1. The predicted molar refractivity (Wildman–Crippen MR) is 136 cm³/mol. The maximum atomic E-state index is 15.0. The molecule has 2 atom stereocenters. The Bertz CT molecular complexity index is 1170. The summed E-state index contributed by atoms with van der Waals surface area (Å²) >= 11 is 1.68. The van der Waals surface area contributed by atoms with E-state index in [1.165, 1.54) is 6.07 Å². The Kier molecular flexibility index (Phi) is 7.96. The number of ether oxygens (including phenoxy) is 2. The highest BCUT2D eigenvalue weighted by molar-refractivity contribution is 7.99. The van der Waals surface area contributed by atoms with Gasteiger partial charge >= 0.3 is 5.97 Å². The summed E-state index contributed by atoms with van der Waals surface area (Å²) in [5, 5.41) is 3.31. The van der Waals surface area contributed by atoms with Crippen LogP contribution in [0.3, 0.4) is 0 Å². The van der Waals surface area contributed by atoms with Crippen LogP contribution in [0.4, 0.5) is 4.39 Å². The molecule has 1 aliphatic carbocycles. The van der Waals surface area contributed by atoms with Crippen molar-refractivity contribution in [1.82, 2.24) is 5.32 Å². The molecule has 0 spiro atoms. The lowest BCUT2D eigenvalue weighted by molar-refractivity contribution is -0.138. The molecule has 4 rings (SSSR count). The molecule has 7 heteroatoms. The van der Waals surface area contributed by atoms with Crippen LogP contribution in [-0.2, 0) is 14.3 Å². The van der Waals surface area contributed by atoms with Gasteiger partial charge in [-0.25, -0.2) is 9.18 Å². The van der Waals surface area contributed by atoms with E-state index in [2.05, 4.69) is 5.32 Å². The Morgan fingerprint density at radius 3 is 2.57 bits per heavy atom. The molecule has 0 amide bonds. The van der Waals surface area contributed by atoms with E-state index in [4.69, 9.17) is 9.47 Å². The van der Waals surface area contributed by atoms with Crippen molar-refractivity contribution in [3.05, 3.63) is 88.0 Å². The lowest BCUT2D eigenvalue weighted by Crippen LogP contribution is -2.36. The average molecular weight is 496 g/mol. The Morgan fingerprint density at radius 1 is 1.14 bits per heavy atom. The molecule has 2 aliphatic rings. The number of rotatable bonds is 8. The third kappa shape index (κ3) is 5.30. The summed E-state index contributed by atoms with van der Waals surface area (Å²) in [4.78, 5) is 26.8. The molecule has 35 heavy (non-hydrogen) atoms. The minimum atomic E-state index is -0.803. The van der Waals surface area contributed by atoms with Gasteiger partial charge in [0.05, 0.1) is 18.6 Å². The number of ketones is 1. The quantitative estimate of drug-likeness (QED) is 0.386. The van der Waals surface area contributed by atoms with Crippen LogP contribution in [0.1, 0.15) is 49.7 Å². The van der Waals surface area contributed by atoms with Crippen molar-refractivity contribution in [2.45, 2.75) is 38.5 Å². The third-order valence-corrected chi connectivity index (χ3v) is 7.38. The zero-order valence-electron chi connectivity index (χ0n) is 20.2. The normalized spacial score (nSPS) is 19.8. The van der Waals surface area contributed by atoms with Crippen molar-refractivity contribution in [3.63, 3.8) is 0 Å². The number of dihydropyridines is 1. The molecule has 0 saturated carbocycles. The van der Waals surface area contributed by atoms with E-state index in [-0.39, 0.29) is 24.7 Å². The molecule has 0 unspecified atom stereocenters. The molecule has 2 aromatic carbocycles. The number of allylic oxidation sites excluding steroid dienone is 3. The largest absolute Gasteiger partial charge is 0.497 e. The Labute approximate surface area is 209 Å². The number of hydrogen-bond donors (Lipinski definition) is 1. The first-order valence-corrected chi connectivity index (χ1v) is 13.0. The van der Waals surface area contributed by atoms with Gasteiger partial charge in [0, 0.05) is 34.7 Å². The van der Waals surface area contributed by atoms with Crippen LogP contribution in [0.2, 0.25) is 0 Å². The molecule has 184 valence electrons. The number of methoxy groups -OCH3 is 1. The summed E-state index contributed by atoms with van der Waals surface area (Å²) in [5.41, 5.74) is 3.44. The van der Waals surface area contributed by atoms with E-state index in [9.17, 15) is 9.59 Å². The molecule has 1 aliphatic heterocycles. The second-order valence-electron chi connectivity index (χ2n) is 8.64. The van der Waals surface area contributed by atoms with Gasteiger partial charge in [-0.3, -0.25) is 4.79 Å². The number of carbonyl (C=O) groups excluding carboxylic acids is 2. The SMILES string of the molecule is CCSCCOC(=O)C1=C(C)NC2=C(C(=O)C[C@H](c3ccc(OC)cc3)C2)[C@H]1c1ccccc1F. The monoisotopic (exact) mass is 495 g/mol. The summed E-state index contributed by atoms with van der Waals surface area (Å²) in [7, 11) is 1.62. The molecule has 0 aromatic heterocycles. The molecule has 1 N–H and O–H groups in total. The van der Waals surface area contributed by atoms with Gasteiger partial charge in [-0.05, 0) is 48.8 Å². The summed E-state index contributed by atoms with van der Waals surface area (Å²) in [6.45, 7) is 4.09. The lowest BCUT2D eigenvalue weighted by Gasteiger charge is -2.36. The fraction of sp³-hybridized carbons (Fsp3) is 0.357. The van der Waals surface area contributed by atoms with Gasteiger partial charge in [0.2, 0.25) is 0 Å². The number of thioether (sulfide) groups is 1. The van der Waals surface area contributed by atoms with Crippen LogP contribution >= 0.6 is 11.8 Å². The summed E-state index contributed by atoms with van der Waals surface area (Å²) < 4.78 is 25.8. The van der Waals surface area contributed by atoms with Crippen LogP contribution in [0.5, 0.6) is 5.75 Å². The molecule has 0 radical (unpaired) electrons. The van der Waals surface area contributed by atoms with E-state index in [1.807, 2.05) is 31.2 Å². The van der Waals surface area contributed by atoms with Crippen molar-refractivity contribution >= 4 is 23.5 Å². The first-order valence-electron chi connectivity index (χ1n) is 11.8. The Hall–Kier alpha value is -3.06. The summed E-state index contributed by atoms with van der Waals surface area (Å²) in [6.07, 6.45) is 0.872. The van der Waals surface area contributed by atoms with E-state index in [0.717, 1.165) is 22.8 Å². The maximum Gasteiger partial charge on any atom is 0.336 e. The van der Waals surface area contributed by atoms with Gasteiger partial charge in [-0.2, -0.15) is 11.8 Å². The van der Waals surface area contributed by atoms with Crippen molar-refractivity contribution in [2.24, 2.45) is 0 Å². The van der Waals surface area contributed by atoms with Gasteiger partial charge < -0.3 is 14.8 Å². The van der Waals surface area contributed by atoms with E-state index >= 15 is 4.39 Å². The molecular weight excluding hydrogens is 465 g/mol. The van der Waals surface area contributed by atoms with Gasteiger partial charge in [0.25, 0.3) is 0 Å². The van der Waals surface area contributed by atoms with Crippen LogP contribution in [0.25, 0.3) is 0 Å². The Morgan fingerprint density at radius 2 is 1.89 bits per heavy atom. The Balaban J connectivity index is 1.70. The number of carbonyl (C=O) groups is 2.